The van der Waals surface area contributed by atoms with Gasteiger partial charge in [0.2, 0.25) is 5.78 Å². The fourth-order valence-electron chi connectivity index (χ4n) is 4.96. The van der Waals surface area contributed by atoms with Crippen LogP contribution in [-0.2, 0) is 13.0 Å². The summed E-state index contributed by atoms with van der Waals surface area (Å²) < 4.78 is 0. The predicted octanol–water partition coefficient (Wildman–Crippen LogP) is 4.55. The topological polar surface area (TPSA) is 91.2 Å². The Bertz CT molecular complexity index is 1210. The predicted molar refractivity (Wildman–Crippen MR) is 136 cm³/mol. The third-order valence-electron chi connectivity index (χ3n) is 6.79. The van der Waals surface area contributed by atoms with Gasteiger partial charge in [0.25, 0.3) is 5.91 Å². The smallest absolute Gasteiger partial charge is 0.261 e. The van der Waals surface area contributed by atoms with Crippen LogP contribution in [0.15, 0.2) is 30.3 Å². The number of carbonyl (C=O) groups is 2. The van der Waals surface area contributed by atoms with Gasteiger partial charge < -0.3 is 20.9 Å². The summed E-state index contributed by atoms with van der Waals surface area (Å²) in [7, 11) is 2.09. The van der Waals surface area contributed by atoms with Crippen LogP contribution in [0, 0.1) is 0 Å². The molecule has 3 aromatic rings. The monoisotopic (exact) mass is 506 g/mol. The fraction of sp³-hybridized carbons (Fsp3) is 0.417. The lowest BCUT2D eigenvalue weighted by Gasteiger charge is -2.40. The van der Waals surface area contributed by atoms with Gasteiger partial charge in [0.1, 0.15) is 5.54 Å². The van der Waals surface area contributed by atoms with Gasteiger partial charge in [-0.2, -0.15) is 0 Å². The number of Topliss-reactive ketones (excluding diaryl/α,β-unsaturated/α-hetero) is 1. The zero-order chi connectivity index (χ0) is 22.5. The lowest BCUT2D eigenvalue weighted by molar-refractivity contribution is 0.0756. The highest BCUT2D eigenvalue weighted by Crippen LogP contribution is 2.32. The molecule has 3 heterocycles. The number of ketones is 1. The number of aromatic amines is 1. The molecule has 0 bridgehead atoms. The summed E-state index contributed by atoms with van der Waals surface area (Å²) in [6.45, 7) is 1.87. The number of rotatable bonds is 4. The van der Waals surface area contributed by atoms with E-state index in [1.54, 1.807) is 23.5 Å². The molecule has 0 saturated heterocycles. The van der Waals surface area contributed by atoms with Crippen molar-refractivity contribution in [3.8, 4) is 0 Å². The molecular formula is C24H28Cl2N4O2S. The molecule has 0 radical (unpaired) electrons. The Morgan fingerprint density at radius 3 is 2.91 bits per heavy atom. The summed E-state index contributed by atoms with van der Waals surface area (Å²) in [5.41, 5.74) is 8.14. The molecule has 33 heavy (non-hydrogen) atoms. The largest absolute Gasteiger partial charge is 0.352 e. The van der Waals surface area contributed by atoms with Crippen molar-refractivity contribution in [1.82, 2.24) is 15.2 Å². The highest BCUT2D eigenvalue weighted by Gasteiger charge is 2.45. The first kappa shape index (κ1) is 24.2. The van der Waals surface area contributed by atoms with Crippen LogP contribution < -0.4 is 11.1 Å². The van der Waals surface area contributed by atoms with E-state index in [0.717, 1.165) is 43.3 Å². The van der Waals surface area contributed by atoms with Gasteiger partial charge in [-0.15, -0.1) is 23.7 Å². The van der Waals surface area contributed by atoms with Crippen LogP contribution in [0.2, 0.25) is 5.02 Å². The van der Waals surface area contributed by atoms with E-state index >= 15 is 0 Å². The maximum absolute atomic E-state index is 13.6. The number of hydrogen-bond acceptors (Lipinski definition) is 5. The van der Waals surface area contributed by atoms with Crippen LogP contribution in [0.1, 0.15) is 56.3 Å². The molecular weight excluding hydrogens is 479 g/mol. The van der Waals surface area contributed by atoms with Gasteiger partial charge in [-0.3, -0.25) is 9.59 Å². The molecule has 0 spiro atoms. The Labute approximate surface area is 208 Å². The number of carbonyl (C=O) groups excluding carboxylic acids is 2. The van der Waals surface area contributed by atoms with E-state index in [2.05, 4.69) is 22.2 Å². The second kappa shape index (κ2) is 9.39. The van der Waals surface area contributed by atoms with Gasteiger partial charge in [0.05, 0.1) is 16.6 Å². The van der Waals surface area contributed by atoms with Gasteiger partial charge in [0, 0.05) is 33.9 Å². The highest BCUT2D eigenvalue weighted by molar-refractivity contribution is 7.14. The molecule has 2 aliphatic rings. The molecule has 1 fully saturated rings. The molecule has 5 rings (SSSR count). The zero-order valence-electron chi connectivity index (χ0n) is 18.4. The van der Waals surface area contributed by atoms with E-state index in [1.165, 1.54) is 10.4 Å². The van der Waals surface area contributed by atoms with Gasteiger partial charge >= 0.3 is 0 Å². The van der Waals surface area contributed by atoms with E-state index in [1.807, 2.05) is 18.2 Å². The van der Waals surface area contributed by atoms with Gasteiger partial charge in [-0.25, -0.2) is 0 Å². The van der Waals surface area contributed by atoms with Crippen LogP contribution in [0.3, 0.4) is 0 Å². The highest BCUT2D eigenvalue weighted by atomic mass is 35.5. The normalized spacial score (nSPS) is 23.1. The number of thiophene rings is 1. The maximum Gasteiger partial charge on any atom is 0.261 e. The summed E-state index contributed by atoms with van der Waals surface area (Å²) in [6, 6.07) is 8.85. The first-order chi connectivity index (χ1) is 15.3. The number of halogens is 2. The molecule has 2 unspecified atom stereocenters. The number of nitrogens with two attached hydrogens (primary N) is 1. The molecule has 4 N–H and O–H groups in total. The van der Waals surface area contributed by atoms with Crippen LogP contribution in [-0.4, -0.2) is 46.7 Å². The minimum absolute atomic E-state index is 0. The van der Waals surface area contributed by atoms with Crippen LogP contribution in [0.25, 0.3) is 10.9 Å². The van der Waals surface area contributed by atoms with Crippen molar-refractivity contribution >= 4 is 57.9 Å². The number of benzene rings is 1. The third kappa shape index (κ3) is 4.57. The van der Waals surface area contributed by atoms with Crippen molar-refractivity contribution in [3.05, 3.63) is 56.4 Å². The SMILES string of the molecule is CN1CCc2sc(C(=O)NC3CCCCC3(N)C(=O)c3cc4cc(Cl)ccc4[nH]3)cc2C1.Cl. The molecule has 2 atom stereocenters. The van der Waals surface area contributed by atoms with Crippen molar-refractivity contribution in [2.45, 2.75) is 50.2 Å². The van der Waals surface area contributed by atoms with E-state index in [4.69, 9.17) is 17.3 Å². The standard InChI is InChI=1S/C24H27ClN4O2S.ClH/c1-29-9-7-19-15(13-29)12-20(32-19)23(31)28-21-4-2-3-8-24(21,26)22(30)18-11-14-10-16(25)5-6-17(14)27-18;/h5-6,10-12,21,27H,2-4,7-9,13,26H2,1H3,(H,28,31);1H. The molecule has 176 valence electrons. The van der Waals surface area contributed by atoms with E-state index in [-0.39, 0.29) is 24.1 Å². The molecule has 1 amide bonds. The third-order valence-corrected chi connectivity index (χ3v) is 8.26. The minimum Gasteiger partial charge on any atom is -0.352 e. The number of hydrogen-bond donors (Lipinski definition) is 3. The Hall–Kier alpha value is -1.90. The van der Waals surface area contributed by atoms with Gasteiger partial charge in [-0.05, 0) is 62.2 Å². The summed E-state index contributed by atoms with van der Waals surface area (Å²) in [4.78, 5) is 34.1. The average Bonchev–Trinajstić information content (AvgIpc) is 3.38. The van der Waals surface area contributed by atoms with Crippen LogP contribution >= 0.6 is 35.3 Å². The summed E-state index contributed by atoms with van der Waals surface area (Å²) in [6.07, 6.45) is 3.99. The van der Waals surface area contributed by atoms with E-state index < -0.39 is 11.6 Å². The van der Waals surface area contributed by atoms with Crippen molar-refractivity contribution < 1.29 is 9.59 Å². The number of nitrogens with zero attached hydrogens (tertiary/aromatic N) is 1. The van der Waals surface area contributed by atoms with Crippen molar-refractivity contribution in [2.24, 2.45) is 5.73 Å². The maximum atomic E-state index is 13.6. The Morgan fingerprint density at radius 1 is 1.27 bits per heavy atom. The average molecular weight is 507 g/mol. The number of nitrogens with one attached hydrogen (secondary N) is 2. The van der Waals surface area contributed by atoms with Crippen molar-refractivity contribution in [2.75, 3.05) is 13.6 Å². The lowest BCUT2D eigenvalue weighted by atomic mass is 9.74. The van der Waals surface area contributed by atoms with E-state index in [0.29, 0.717) is 28.4 Å². The quantitative estimate of drug-likeness (QED) is 0.452. The van der Waals surface area contributed by atoms with Gasteiger partial charge in [0.15, 0.2) is 0 Å². The summed E-state index contributed by atoms with van der Waals surface area (Å²) >= 11 is 7.66. The first-order valence-corrected chi connectivity index (χ1v) is 12.3. The number of H-pyrrole nitrogens is 1. The summed E-state index contributed by atoms with van der Waals surface area (Å²) in [5.74, 6) is -0.299. The Balaban J connectivity index is 0.00000259. The Morgan fingerprint density at radius 2 is 2.09 bits per heavy atom. The minimum atomic E-state index is -1.14. The number of amides is 1. The van der Waals surface area contributed by atoms with Crippen LogP contribution in [0.5, 0.6) is 0 Å². The van der Waals surface area contributed by atoms with E-state index in [9.17, 15) is 9.59 Å². The molecule has 1 aliphatic heterocycles. The van der Waals surface area contributed by atoms with Crippen molar-refractivity contribution in [1.29, 1.82) is 0 Å². The molecule has 6 nitrogen and oxygen atoms in total. The molecule has 1 aliphatic carbocycles. The zero-order valence-corrected chi connectivity index (χ0v) is 20.8. The molecule has 1 aromatic carbocycles. The molecule has 9 heteroatoms. The number of aromatic nitrogens is 1. The summed E-state index contributed by atoms with van der Waals surface area (Å²) in [5, 5.41) is 4.60. The second-order valence-electron chi connectivity index (χ2n) is 9.10. The van der Waals surface area contributed by atoms with Crippen molar-refractivity contribution in [3.63, 3.8) is 0 Å². The van der Waals surface area contributed by atoms with Gasteiger partial charge in [-0.1, -0.05) is 24.4 Å². The fourth-order valence-corrected chi connectivity index (χ4v) is 6.21. The molecule has 2 aromatic heterocycles. The number of fused-ring (bicyclic) bond motifs is 2. The number of likely N-dealkylation sites (N-methyl/N-ethyl adjacent to an activating group) is 1. The molecule has 1 saturated carbocycles. The lowest BCUT2D eigenvalue weighted by Crippen LogP contribution is -2.64. The first-order valence-electron chi connectivity index (χ1n) is 11.1. The Kier molecular flexibility index (Phi) is 6.90. The van der Waals surface area contributed by atoms with Crippen LogP contribution in [0.4, 0.5) is 0 Å². The second-order valence-corrected chi connectivity index (χ2v) is 10.7.